The number of aromatic nitrogens is 1. The Hall–Kier alpha value is -3.08. The third kappa shape index (κ3) is 3.65. The predicted octanol–water partition coefficient (Wildman–Crippen LogP) is 3.98. The Balaban J connectivity index is 1.43. The lowest BCUT2D eigenvalue weighted by Gasteiger charge is -2.11. The van der Waals surface area contributed by atoms with Crippen molar-refractivity contribution in [3.8, 4) is 0 Å². The van der Waals surface area contributed by atoms with Crippen LogP contribution in [0.4, 0.5) is 5.69 Å². The van der Waals surface area contributed by atoms with Crippen LogP contribution in [0.5, 0.6) is 0 Å². The van der Waals surface area contributed by atoms with Gasteiger partial charge in [0.2, 0.25) is 5.91 Å². The maximum atomic E-state index is 12.6. The first-order chi connectivity index (χ1) is 13.7. The Morgan fingerprint density at radius 3 is 2.75 bits per heavy atom. The summed E-state index contributed by atoms with van der Waals surface area (Å²) in [5.74, 6) is -0.457. The minimum Gasteiger partial charge on any atom is -0.358 e. The zero-order valence-electron chi connectivity index (χ0n) is 16.1. The van der Waals surface area contributed by atoms with Gasteiger partial charge in [0.1, 0.15) is 0 Å². The number of para-hydroxylation sites is 1. The molecule has 4 rings (SSSR count). The van der Waals surface area contributed by atoms with Crippen molar-refractivity contribution >= 4 is 28.4 Å². The van der Waals surface area contributed by atoms with E-state index in [0.717, 1.165) is 41.4 Å². The van der Waals surface area contributed by atoms with Gasteiger partial charge in [-0.2, -0.15) is 0 Å². The van der Waals surface area contributed by atoms with Crippen LogP contribution in [-0.4, -0.2) is 23.3 Å². The monoisotopic (exact) mass is 375 g/mol. The summed E-state index contributed by atoms with van der Waals surface area (Å²) in [5, 5.41) is 6.74. The Labute approximate surface area is 164 Å². The minimum absolute atomic E-state index is 0.0554. The van der Waals surface area contributed by atoms with Gasteiger partial charge in [0.15, 0.2) is 0 Å². The number of carbonyl (C=O) groups excluding carboxylic acids is 2. The van der Waals surface area contributed by atoms with Gasteiger partial charge in [0.05, 0.1) is 6.54 Å². The van der Waals surface area contributed by atoms with E-state index in [-0.39, 0.29) is 18.4 Å². The van der Waals surface area contributed by atoms with Crippen LogP contribution >= 0.6 is 0 Å². The predicted molar refractivity (Wildman–Crippen MR) is 112 cm³/mol. The van der Waals surface area contributed by atoms with Gasteiger partial charge in [-0.05, 0) is 67.5 Å². The Morgan fingerprint density at radius 2 is 1.89 bits per heavy atom. The molecule has 0 spiro atoms. The molecule has 0 bridgehead atoms. The van der Waals surface area contributed by atoms with E-state index < -0.39 is 0 Å². The Kier molecular flexibility index (Phi) is 5.15. The van der Waals surface area contributed by atoms with Crippen LogP contribution in [-0.2, 0) is 24.1 Å². The summed E-state index contributed by atoms with van der Waals surface area (Å²) in [7, 11) is 0. The molecule has 1 aliphatic rings. The SMILES string of the molecule is CCc1ccccc1NC(=O)CNC(=O)c1ccc2[nH]c3c(c2c1)CCCC3. The van der Waals surface area contributed by atoms with E-state index in [1.807, 2.05) is 49.4 Å². The van der Waals surface area contributed by atoms with Gasteiger partial charge in [-0.3, -0.25) is 9.59 Å². The smallest absolute Gasteiger partial charge is 0.251 e. The fourth-order valence-electron chi connectivity index (χ4n) is 3.95. The normalized spacial score (nSPS) is 13.2. The van der Waals surface area contributed by atoms with Crippen molar-refractivity contribution in [3.05, 3.63) is 64.8 Å². The lowest BCUT2D eigenvalue weighted by atomic mass is 9.95. The van der Waals surface area contributed by atoms with Crippen molar-refractivity contribution in [2.24, 2.45) is 0 Å². The number of amides is 2. The molecule has 0 fully saturated rings. The summed E-state index contributed by atoms with van der Waals surface area (Å²) >= 11 is 0. The molecule has 1 aliphatic carbocycles. The highest BCUT2D eigenvalue weighted by Crippen LogP contribution is 2.29. The lowest BCUT2D eigenvalue weighted by Crippen LogP contribution is -2.33. The van der Waals surface area contributed by atoms with Crippen molar-refractivity contribution in [1.29, 1.82) is 0 Å². The highest BCUT2D eigenvalue weighted by atomic mass is 16.2. The minimum atomic E-state index is -0.230. The van der Waals surface area contributed by atoms with Crippen molar-refractivity contribution in [3.63, 3.8) is 0 Å². The molecule has 5 nitrogen and oxygen atoms in total. The van der Waals surface area contributed by atoms with Gasteiger partial charge in [-0.25, -0.2) is 0 Å². The number of anilines is 1. The van der Waals surface area contributed by atoms with Crippen molar-refractivity contribution in [1.82, 2.24) is 10.3 Å². The first-order valence-electron chi connectivity index (χ1n) is 9.95. The van der Waals surface area contributed by atoms with Gasteiger partial charge < -0.3 is 15.6 Å². The fourth-order valence-corrected chi connectivity index (χ4v) is 3.95. The largest absolute Gasteiger partial charge is 0.358 e. The van der Waals surface area contributed by atoms with Crippen LogP contribution < -0.4 is 10.6 Å². The first kappa shape index (κ1) is 18.3. The molecule has 0 saturated carbocycles. The van der Waals surface area contributed by atoms with Crippen LogP contribution in [0.3, 0.4) is 0 Å². The summed E-state index contributed by atoms with van der Waals surface area (Å²) in [6, 6.07) is 13.4. The number of aromatic amines is 1. The maximum Gasteiger partial charge on any atom is 0.251 e. The van der Waals surface area contributed by atoms with E-state index in [1.165, 1.54) is 24.1 Å². The molecule has 0 aliphatic heterocycles. The summed E-state index contributed by atoms with van der Waals surface area (Å²) in [5.41, 5.74) is 6.17. The number of H-pyrrole nitrogens is 1. The maximum absolute atomic E-state index is 12.6. The van der Waals surface area contributed by atoms with Crippen LogP contribution in [0.15, 0.2) is 42.5 Å². The Bertz CT molecular complexity index is 1040. The zero-order valence-corrected chi connectivity index (χ0v) is 16.1. The van der Waals surface area contributed by atoms with Crippen LogP contribution in [0.1, 0.15) is 46.9 Å². The quantitative estimate of drug-likeness (QED) is 0.631. The first-order valence-corrected chi connectivity index (χ1v) is 9.95. The molecule has 0 radical (unpaired) electrons. The number of fused-ring (bicyclic) bond motifs is 3. The van der Waals surface area contributed by atoms with Crippen LogP contribution in [0.2, 0.25) is 0 Å². The van der Waals surface area contributed by atoms with E-state index in [1.54, 1.807) is 0 Å². The zero-order chi connectivity index (χ0) is 19.5. The number of benzene rings is 2. The number of hydrogen-bond acceptors (Lipinski definition) is 2. The molecule has 2 aromatic carbocycles. The molecule has 2 amide bonds. The van der Waals surface area contributed by atoms with E-state index >= 15 is 0 Å². The van der Waals surface area contributed by atoms with Gasteiger partial charge >= 0.3 is 0 Å². The molecule has 0 saturated heterocycles. The van der Waals surface area contributed by atoms with Crippen molar-refractivity contribution in [2.75, 3.05) is 11.9 Å². The van der Waals surface area contributed by atoms with Gasteiger partial charge in [0, 0.05) is 27.8 Å². The average Bonchev–Trinajstić information content (AvgIpc) is 3.10. The van der Waals surface area contributed by atoms with Crippen molar-refractivity contribution < 1.29 is 9.59 Å². The van der Waals surface area contributed by atoms with E-state index in [0.29, 0.717) is 5.56 Å². The highest BCUT2D eigenvalue weighted by molar-refractivity contribution is 6.02. The molecule has 0 unspecified atom stereocenters. The topological polar surface area (TPSA) is 74.0 Å². The summed E-state index contributed by atoms with van der Waals surface area (Å²) in [4.78, 5) is 28.3. The summed E-state index contributed by atoms with van der Waals surface area (Å²) < 4.78 is 0. The number of hydrogen-bond donors (Lipinski definition) is 3. The molecule has 5 heteroatoms. The second-order valence-electron chi connectivity index (χ2n) is 7.29. The lowest BCUT2D eigenvalue weighted by molar-refractivity contribution is -0.115. The molecule has 3 N–H and O–H groups in total. The standard InChI is InChI=1S/C23H25N3O2/c1-2-15-7-3-5-9-19(15)26-22(27)14-24-23(28)16-11-12-21-18(13-16)17-8-4-6-10-20(17)25-21/h3,5,7,9,11-13,25H,2,4,6,8,10,14H2,1H3,(H,24,28)(H,26,27). The second-order valence-corrected chi connectivity index (χ2v) is 7.29. The molecular weight excluding hydrogens is 350 g/mol. The van der Waals surface area contributed by atoms with Gasteiger partial charge in [-0.1, -0.05) is 25.1 Å². The molecular formula is C23H25N3O2. The summed E-state index contributed by atoms with van der Waals surface area (Å²) in [6.45, 7) is 1.99. The Morgan fingerprint density at radius 1 is 1.07 bits per heavy atom. The van der Waals surface area contributed by atoms with E-state index in [4.69, 9.17) is 0 Å². The number of rotatable bonds is 5. The molecule has 3 aromatic rings. The third-order valence-corrected chi connectivity index (χ3v) is 5.44. The molecule has 144 valence electrons. The molecule has 1 heterocycles. The molecule has 0 atom stereocenters. The van der Waals surface area contributed by atoms with E-state index in [9.17, 15) is 9.59 Å². The van der Waals surface area contributed by atoms with Gasteiger partial charge in [0.25, 0.3) is 5.91 Å². The summed E-state index contributed by atoms with van der Waals surface area (Å²) in [6.07, 6.45) is 5.37. The third-order valence-electron chi connectivity index (χ3n) is 5.44. The van der Waals surface area contributed by atoms with E-state index in [2.05, 4.69) is 15.6 Å². The second kappa shape index (κ2) is 7.89. The average molecular weight is 375 g/mol. The van der Waals surface area contributed by atoms with Crippen LogP contribution in [0.25, 0.3) is 10.9 Å². The van der Waals surface area contributed by atoms with Gasteiger partial charge in [-0.15, -0.1) is 0 Å². The molecule has 28 heavy (non-hydrogen) atoms. The molecule has 1 aromatic heterocycles. The highest BCUT2D eigenvalue weighted by Gasteiger charge is 2.17. The number of aryl methyl sites for hydroxylation is 3. The number of carbonyl (C=O) groups is 2. The number of nitrogens with one attached hydrogen (secondary N) is 3. The fraction of sp³-hybridized carbons (Fsp3) is 0.304. The van der Waals surface area contributed by atoms with Crippen molar-refractivity contribution in [2.45, 2.75) is 39.0 Å². The van der Waals surface area contributed by atoms with Crippen LogP contribution in [0, 0.1) is 0 Å².